The molecule has 4 unspecified atom stereocenters. The first-order valence-corrected chi connectivity index (χ1v) is 7.78. The maximum atomic E-state index is 3.58. The van der Waals surface area contributed by atoms with Crippen LogP contribution in [0.1, 0.15) is 51.4 Å². The molecule has 98 valence electrons. The Hall–Kier alpha value is -0.0800. The van der Waals surface area contributed by atoms with Gasteiger partial charge in [-0.1, -0.05) is 19.3 Å². The molecule has 2 bridgehead atoms. The summed E-state index contributed by atoms with van der Waals surface area (Å²) in [5.41, 5.74) is 0. The van der Waals surface area contributed by atoms with Crippen LogP contribution in [0.2, 0.25) is 0 Å². The number of hydrogen-bond donors (Lipinski definition) is 1. The fraction of sp³-hybridized carbons (Fsp3) is 1.00. The molecular formula is C15H28N2. The Balaban J connectivity index is 1.66. The molecule has 1 heterocycles. The van der Waals surface area contributed by atoms with Crippen molar-refractivity contribution in [1.29, 1.82) is 0 Å². The maximum Gasteiger partial charge on any atom is 0.0249 e. The van der Waals surface area contributed by atoms with Crippen LogP contribution >= 0.6 is 0 Å². The van der Waals surface area contributed by atoms with Gasteiger partial charge in [-0.15, -0.1) is 0 Å². The van der Waals surface area contributed by atoms with Gasteiger partial charge in [0.15, 0.2) is 0 Å². The Morgan fingerprint density at radius 2 is 1.59 bits per heavy atom. The number of likely N-dealkylation sites (tertiary alicyclic amines) is 1. The van der Waals surface area contributed by atoms with Crippen LogP contribution in [0.3, 0.4) is 0 Å². The number of piperidine rings is 1. The second-order valence-electron chi connectivity index (χ2n) is 6.60. The van der Waals surface area contributed by atoms with Crippen molar-refractivity contribution >= 4 is 0 Å². The number of fused-ring (bicyclic) bond motifs is 2. The Bertz CT molecular complexity index is 241. The summed E-state index contributed by atoms with van der Waals surface area (Å²) < 4.78 is 0. The number of likely N-dealkylation sites (N-methyl/N-ethyl adjacent to an activating group) is 1. The van der Waals surface area contributed by atoms with E-state index in [2.05, 4.69) is 17.3 Å². The molecule has 1 saturated heterocycles. The molecule has 0 aromatic carbocycles. The first kappa shape index (κ1) is 12.0. The lowest BCUT2D eigenvalue weighted by Gasteiger charge is -2.48. The topological polar surface area (TPSA) is 15.3 Å². The molecule has 2 saturated carbocycles. The number of hydrogen-bond acceptors (Lipinski definition) is 2. The van der Waals surface area contributed by atoms with Gasteiger partial charge in [0, 0.05) is 25.2 Å². The van der Waals surface area contributed by atoms with Crippen molar-refractivity contribution in [1.82, 2.24) is 10.2 Å². The predicted molar refractivity (Wildman–Crippen MR) is 72.1 cm³/mol. The Morgan fingerprint density at radius 1 is 0.882 bits per heavy atom. The summed E-state index contributed by atoms with van der Waals surface area (Å²) in [5.74, 6) is 2.06. The average molecular weight is 236 g/mol. The van der Waals surface area contributed by atoms with Gasteiger partial charge in [0.25, 0.3) is 0 Å². The van der Waals surface area contributed by atoms with Crippen molar-refractivity contribution in [3.63, 3.8) is 0 Å². The van der Waals surface area contributed by atoms with E-state index in [0.29, 0.717) is 0 Å². The fourth-order valence-corrected chi connectivity index (χ4v) is 4.63. The highest BCUT2D eigenvalue weighted by molar-refractivity contribution is 4.92. The second kappa shape index (κ2) is 5.27. The van der Waals surface area contributed by atoms with Crippen LogP contribution < -0.4 is 5.32 Å². The first-order valence-electron chi connectivity index (χ1n) is 7.78. The third-order valence-electron chi connectivity index (χ3n) is 5.45. The Labute approximate surface area is 106 Å². The standard InChI is InChI=1S/C15H28N2/c1-16-14-7-2-3-8-15(14)17-10-12-5-4-6-13(9-12)11-17/h12-16H,2-11H2,1H3. The van der Waals surface area contributed by atoms with Gasteiger partial charge >= 0.3 is 0 Å². The molecule has 1 aliphatic heterocycles. The molecule has 3 fully saturated rings. The maximum absolute atomic E-state index is 3.58. The molecule has 2 nitrogen and oxygen atoms in total. The Kier molecular flexibility index (Phi) is 3.72. The molecule has 3 aliphatic rings. The third-order valence-corrected chi connectivity index (χ3v) is 5.45. The summed E-state index contributed by atoms with van der Waals surface area (Å²) in [5, 5.41) is 3.58. The monoisotopic (exact) mass is 236 g/mol. The van der Waals surface area contributed by atoms with Crippen molar-refractivity contribution in [2.24, 2.45) is 11.8 Å². The number of nitrogens with one attached hydrogen (secondary N) is 1. The van der Waals surface area contributed by atoms with E-state index in [1.165, 1.54) is 64.5 Å². The average Bonchev–Trinajstić information content (AvgIpc) is 2.38. The van der Waals surface area contributed by atoms with Crippen LogP contribution in [0, 0.1) is 11.8 Å². The van der Waals surface area contributed by atoms with Gasteiger partial charge in [-0.2, -0.15) is 0 Å². The van der Waals surface area contributed by atoms with Gasteiger partial charge in [0.2, 0.25) is 0 Å². The van der Waals surface area contributed by atoms with Gasteiger partial charge in [0.05, 0.1) is 0 Å². The van der Waals surface area contributed by atoms with Crippen LogP contribution in [-0.2, 0) is 0 Å². The van der Waals surface area contributed by atoms with Crippen LogP contribution in [-0.4, -0.2) is 37.1 Å². The molecule has 1 N–H and O–H groups in total. The highest BCUT2D eigenvalue weighted by Crippen LogP contribution is 2.37. The van der Waals surface area contributed by atoms with E-state index in [1.807, 2.05) is 0 Å². The second-order valence-corrected chi connectivity index (χ2v) is 6.60. The summed E-state index contributed by atoms with van der Waals surface area (Å²) in [6.07, 6.45) is 11.8. The first-order chi connectivity index (χ1) is 8.36. The molecule has 17 heavy (non-hydrogen) atoms. The van der Waals surface area contributed by atoms with Crippen molar-refractivity contribution in [3.05, 3.63) is 0 Å². The lowest BCUT2D eigenvalue weighted by atomic mass is 9.76. The minimum absolute atomic E-state index is 0.766. The predicted octanol–water partition coefficient (Wildman–Crippen LogP) is 2.64. The van der Waals surface area contributed by atoms with E-state index >= 15 is 0 Å². The smallest absolute Gasteiger partial charge is 0.0249 e. The van der Waals surface area contributed by atoms with Crippen LogP contribution in [0.15, 0.2) is 0 Å². The van der Waals surface area contributed by atoms with Gasteiger partial charge < -0.3 is 5.32 Å². The van der Waals surface area contributed by atoms with Crippen LogP contribution in [0.25, 0.3) is 0 Å². The highest BCUT2D eigenvalue weighted by atomic mass is 15.2. The van der Waals surface area contributed by atoms with E-state index < -0.39 is 0 Å². The fourth-order valence-electron chi connectivity index (χ4n) is 4.63. The van der Waals surface area contributed by atoms with E-state index in [1.54, 1.807) is 0 Å². The van der Waals surface area contributed by atoms with Crippen LogP contribution in [0.4, 0.5) is 0 Å². The van der Waals surface area contributed by atoms with Crippen molar-refractivity contribution in [3.8, 4) is 0 Å². The lowest BCUT2D eigenvalue weighted by Crippen LogP contribution is -2.55. The van der Waals surface area contributed by atoms with Gasteiger partial charge in [0.1, 0.15) is 0 Å². The summed E-state index contributed by atoms with van der Waals surface area (Å²) in [6.45, 7) is 2.80. The quantitative estimate of drug-likeness (QED) is 0.793. The largest absolute Gasteiger partial charge is 0.315 e. The van der Waals surface area contributed by atoms with E-state index in [4.69, 9.17) is 0 Å². The zero-order valence-electron chi connectivity index (χ0n) is 11.3. The lowest BCUT2D eigenvalue weighted by molar-refractivity contribution is 0.0274. The van der Waals surface area contributed by atoms with E-state index in [-0.39, 0.29) is 0 Å². The van der Waals surface area contributed by atoms with E-state index in [0.717, 1.165) is 23.9 Å². The highest BCUT2D eigenvalue weighted by Gasteiger charge is 2.36. The van der Waals surface area contributed by atoms with Crippen molar-refractivity contribution in [2.45, 2.75) is 63.5 Å². The molecular weight excluding hydrogens is 208 g/mol. The molecule has 0 aromatic heterocycles. The van der Waals surface area contributed by atoms with E-state index in [9.17, 15) is 0 Å². The van der Waals surface area contributed by atoms with Crippen LogP contribution in [0.5, 0.6) is 0 Å². The molecule has 3 rings (SSSR count). The van der Waals surface area contributed by atoms with Crippen molar-refractivity contribution in [2.75, 3.05) is 20.1 Å². The molecule has 0 aromatic rings. The minimum Gasteiger partial charge on any atom is -0.315 e. The molecule has 2 heteroatoms. The van der Waals surface area contributed by atoms with Gasteiger partial charge in [-0.3, -0.25) is 4.90 Å². The number of rotatable bonds is 2. The molecule has 0 spiro atoms. The molecule has 0 amide bonds. The summed E-state index contributed by atoms with van der Waals surface area (Å²) in [4.78, 5) is 2.86. The van der Waals surface area contributed by atoms with Gasteiger partial charge in [-0.25, -0.2) is 0 Å². The third kappa shape index (κ3) is 2.53. The minimum atomic E-state index is 0.766. The molecule has 2 aliphatic carbocycles. The van der Waals surface area contributed by atoms with Crippen molar-refractivity contribution < 1.29 is 0 Å². The summed E-state index contributed by atoms with van der Waals surface area (Å²) in [7, 11) is 2.16. The van der Waals surface area contributed by atoms with Gasteiger partial charge in [-0.05, 0) is 51.0 Å². The SMILES string of the molecule is CNC1CCCCC1N1CC2CCCC(C2)C1. The zero-order valence-corrected chi connectivity index (χ0v) is 11.3. The molecule has 4 atom stereocenters. The normalized spacial score (nSPS) is 43.6. The summed E-state index contributed by atoms with van der Waals surface area (Å²) in [6, 6.07) is 1.61. The zero-order chi connectivity index (χ0) is 11.7. The Morgan fingerprint density at radius 3 is 2.29 bits per heavy atom. The summed E-state index contributed by atoms with van der Waals surface area (Å²) >= 11 is 0. The molecule has 0 radical (unpaired) electrons. The number of nitrogens with zero attached hydrogens (tertiary/aromatic N) is 1.